The summed E-state index contributed by atoms with van der Waals surface area (Å²) in [5, 5.41) is 5.19. The molecule has 0 bridgehead atoms. The van der Waals surface area contributed by atoms with Crippen molar-refractivity contribution in [2.45, 2.75) is 19.5 Å². The topological polar surface area (TPSA) is 46.2 Å². The zero-order valence-electron chi connectivity index (χ0n) is 8.66. The lowest BCUT2D eigenvalue weighted by Gasteiger charge is -2.11. The highest BCUT2D eigenvalue weighted by Gasteiger charge is 2.10. The van der Waals surface area contributed by atoms with Crippen LogP contribution in [0.25, 0.3) is 0 Å². The van der Waals surface area contributed by atoms with Crippen LogP contribution in [0, 0.1) is 0 Å². The molecular formula is C9H14BrNO2S2. The van der Waals surface area contributed by atoms with Crippen LogP contribution in [-0.4, -0.2) is 26.5 Å². The molecule has 1 aromatic rings. The molecule has 0 radical (unpaired) electrons. The van der Waals surface area contributed by atoms with Gasteiger partial charge in [-0.3, -0.25) is 0 Å². The zero-order chi connectivity index (χ0) is 11.5. The third-order valence-corrected chi connectivity index (χ3v) is 4.89. The Morgan fingerprint density at radius 3 is 2.73 bits per heavy atom. The molecule has 86 valence electrons. The average Bonchev–Trinajstić information content (AvgIpc) is 2.44. The Morgan fingerprint density at radius 2 is 2.27 bits per heavy atom. The highest BCUT2D eigenvalue weighted by atomic mass is 79.9. The molecule has 0 aliphatic rings. The number of rotatable bonds is 5. The Hall–Kier alpha value is 0.0900. The maximum absolute atomic E-state index is 11.0. The molecule has 3 nitrogen and oxygen atoms in total. The molecule has 6 heteroatoms. The van der Waals surface area contributed by atoms with Crippen LogP contribution in [0.1, 0.15) is 11.8 Å². The van der Waals surface area contributed by atoms with E-state index in [1.54, 1.807) is 11.3 Å². The minimum atomic E-state index is -2.90. The Labute approximate surface area is 103 Å². The molecule has 1 unspecified atom stereocenters. The summed E-state index contributed by atoms with van der Waals surface area (Å²) in [6.07, 6.45) is 1.26. The van der Waals surface area contributed by atoms with Crippen molar-refractivity contribution in [2.24, 2.45) is 0 Å². The van der Waals surface area contributed by atoms with Gasteiger partial charge in [-0.15, -0.1) is 11.3 Å². The van der Waals surface area contributed by atoms with E-state index in [1.807, 2.05) is 18.4 Å². The maximum Gasteiger partial charge on any atom is 0.148 e. The van der Waals surface area contributed by atoms with E-state index in [4.69, 9.17) is 0 Å². The predicted molar refractivity (Wildman–Crippen MR) is 68.0 cm³/mol. The molecule has 0 aromatic carbocycles. The second-order valence-corrected chi connectivity index (χ2v) is 7.61. The highest BCUT2D eigenvalue weighted by Crippen LogP contribution is 2.22. The molecule has 1 atom stereocenters. The van der Waals surface area contributed by atoms with E-state index in [-0.39, 0.29) is 11.8 Å². The van der Waals surface area contributed by atoms with Crippen molar-refractivity contribution in [3.63, 3.8) is 0 Å². The minimum Gasteiger partial charge on any atom is -0.308 e. The fourth-order valence-electron chi connectivity index (χ4n) is 1.23. The molecular weight excluding hydrogens is 298 g/mol. The van der Waals surface area contributed by atoms with Crippen LogP contribution in [0.15, 0.2) is 15.9 Å². The summed E-state index contributed by atoms with van der Waals surface area (Å²) in [6.45, 7) is 2.58. The van der Waals surface area contributed by atoms with E-state index in [1.165, 1.54) is 11.1 Å². The normalized spacial score (nSPS) is 14.1. The number of sulfone groups is 1. The number of hydrogen-bond acceptors (Lipinski definition) is 4. The maximum atomic E-state index is 11.0. The van der Waals surface area contributed by atoms with E-state index < -0.39 is 9.84 Å². The van der Waals surface area contributed by atoms with Gasteiger partial charge in [0.05, 0.1) is 5.75 Å². The lowest BCUT2D eigenvalue weighted by atomic mass is 10.3. The van der Waals surface area contributed by atoms with Gasteiger partial charge in [0, 0.05) is 28.2 Å². The third-order valence-electron chi connectivity index (χ3n) is 1.85. The van der Waals surface area contributed by atoms with Gasteiger partial charge < -0.3 is 5.32 Å². The van der Waals surface area contributed by atoms with E-state index >= 15 is 0 Å². The molecule has 1 rings (SSSR count). The largest absolute Gasteiger partial charge is 0.308 e. The average molecular weight is 312 g/mol. The lowest BCUT2D eigenvalue weighted by Crippen LogP contribution is -2.32. The first-order valence-electron chi connectivity index (χ1n) is 4.51. The Bertz CT molecular complexity index is 414. The van der Waals surface area contributed by atoms with Gasteiger partial charge in [0.2, 0.25) is 0 Å². The van der Waals surface area contributed by atoms with Crippen molar-refractivity contribution in [1.82, 2.24) is 5.32 Å². The fraction of sp³-hybridized carbons (Fsp3) is 0.556. The molecule has 0 fully saturated rings. The number of hydrogen-bond donors (Lipinski definition) is 1. The zero-order valence-corrected chi connectivity index (χ0v) is 11.9. The molecule has 0 spiro atoms. The first-order chi connectivity index (χ1) is 6.88. The van der Waals surface area contributed by atoms with Gasteiger partial charge in [0.25, 0.3) is 0 Å². The molecule has 0 amide bonds. The minimum absolute atomic E-state index is 0.0194. The van der Waals surface area contributed by atoms with Crippen molar-refractivity contribution in [3.8, 4) is 0 Å². The second-order valence-electron chi connectivity index (χ2n) is 3.57. The standard InChI is InChI=1S/C9H14BrNO2S2/c1-7(6-15(2,12)13)11-5-9-8(10)3-4-14-9/h3-4,7,11H,5-6H2,1-2H3. The molecule has 0 aliphatic heterocycles. The number of nitrogens with one attached hydrogen (secondary N) is 1. The molecule has 1 N–H and O–H groups in total. The van der Waals surface area contributed by atoms with Crippen molar-refractivity contribution >= 4 is 37.1 Å². The van der Waals surface area contributed by atoms with Gasteiger partial charge in [-0.2, -0.15) is 0 Å². The quantitative estimate of drug-likeness (QED) is 0.905. The second kappa shape index (κ2) is 5.43. The van der Waals surface area contributed by atoms with Crippen LogP contribution in [0.5, 0.6) is 0 Å². The van der Waals surface area contributed by atoms with Crippen molar-refractivity contribution < 1.29 is 8.42 Å². The van der Waals surface area contributed by atoms with Crippen LogP contribution in [0.3, 0.4) is 0 Å². The summed E-state index contributed by atoms with van der Waals surface area (Å²) < 4.78 is 23.1. The molecule has 15 heavy (non-hydrogen) atoms. The van der Waals surface area contributed by atoms with Gasteiger partial charge in [-0.05, 0) is 34.3 Å². The van der Waals surface area contributed by atoms with E-state index in [9.17, 15) is 8.42 Å². The van der Waals surface area contributed by atoms with E-state index in [2.05, 4.69) is 21.2 Å². The predicted octanol–water partition coefficient (Wildman–Crippen LogP) is 2.03. The van der Waals surface area contributed by atoms with Crippen LogP contribution in [0.2, 0.25) is 0 Å². The molecule has 0 aliphatic carbocycles. The van der Waals surface area contributed by atoms with Gasteiger partial charge in [-0.1, -0.05) is 0 Å². The van der Waals surface area contributed by atoms with Crippen molar-refractivity contribution in [3.05, 3.63) is 20.8 Å². The van der Waals surface area contributed by atoms with Gasteiger partial charge >= 0.3 is 0 Å². The summed E-state index contributed by atoms with van der Waals surface area (Å²) in [5.74, 6) is 0.177. The Balaban J connectivity index is 2.41. The number of thiophene rings is 1. The Kier molecular flexibility index (Phi) is 4.76. The van der Waals surface area contributed by atoms with Gasteiger partial charge in [-0.25, -0.2) is 8.42 Å². The van der Waals surface area contributed by atoms with Gasteiger partial charge in [0.15, 0.2) is 0 Å². The molecule has 1 heterocycles. The molecule has 1 aromatic heterocycles. The first kappa shape index (κ1) is 13.2. The van der Waals surface area contributed by atoms with Crippen LogP contribution in [0.4, 0.5) is 0 Å². The van der Waals surface area contributed by atoms with E-state index in [0.717, 1.165) is 4.47 Å². The Morgan fingerprint density at radius 1 is 1.60 bits per heavy atom. The van der Waals surface area contributed by atoms with Gasteiger partial charge in [0.1, 0.15) is 9.84 Å². The summed E-state index contributed by atoms with van der Waals surface area (Å²) in [4.78, 5) is 1.19. The summed E-state index contributed by atoms with van der Waals surface area (Å²) in [6, 6.07) is 1.97. The summed E-state index contributed by atoms with van der Waals surface area (Å²) in [7, 11) is -2.90. The highest BCUT2D eigenvalue weighted by molar-refractivity contribution is 9.10. The summed E-state index contributed by atoms with van der Waals surface area (Å²) >= 11 is 5.08. The lowest BCUT2D eigenvalue weighted by molar-refractivity contribution is 0.562. The smallest absolute Gasteiger partial charge is 0.148 e. The van der Waals surface area contributed by atoms with Crippen LogP contribution >= 0.6 is 27.3 Å². The molecule has 0 saturated heterocycles. The van der Waals surface area contributed by atoms with Crippen LogP contribution < -0.4 is 5.32 Å². The van der Waals surface area contributed by atoms with E-state index in [0.29, 0.717) is 6.54 Å². The fourth-order valence-corrected chi connectivity index (χ4v) is 3.70. The number of halogens is 1. The summed E-state index contributed by atoms with van der Waals surface area (Å²) in [5.41, 5.74) is 0. The van der Waals surface area contributed by atoms with Crippen molar-refractivity contribution in [1.29, 1.82) is 0 Å². The van der Waals surface area contributed by atoms with Crippen LogP contribution in [-0.2, 0) is 16.4 Å². The molecule has 0 saturated carbocycles. The third kappa shape index (κ3) is 5.10. The SMILES string of the molecule is CC(CS(C)(=O)=O)NCc1sccc1Br. The van der Waals surface area contributed by atoms with Crippen molar-refractivity contribution in [2.75, 3.05) is 12.0 Å². The first-order valence-corrected chi connectivity index (χ1v) is 8.25. The monoisotopic (exact) mass is 311 g/mol.